The van der Waals surface area contributed by atoms with E-state index in [2.05, 4.69) is 15.0 Å². The van der Waals surface area contributed by atoms with E-state index in [1.165, 1.54) is 32.4 Å². The van der Waals surface area contributed by atoms with Crippen molar-refractivity contribution in [3.05, 3.63) is 66.7 Å². The Morgan fingerprint density at radius 1 is 0.971 bits per heavy atom. The number of sulfonamides is 1. The van der Waals surface area contributed by atoms with Gasteiger partial charge in [0.25, 0.3) is 15.2 Å². The van der Waals surface area contributed by atoms with Gasteiger partial charge in [-0.2, -0.15) is 0 Å². The highest BCUT2D eigenvalue weighted by atomic mass is 32.2. The molecule has 35 heavy (non-hydrogen) atoms. The minimum Gasteiger partial charge on any atom is -0.495 e. The number of oxazole rings is 1. The van der Waals surface area contributed by atoms with E-state index in [1.54, 1.807) is 49.4 Å². The summed E-state index contributed by atoms with van der Waals surface area (Å²) in [5.74, 6) is 0.694. The third-order valence-corrected chi connectivity index (χ3v) is 7.32. The molecule has 11 heteroatoms. The van der Waals surface area contributed by atoms with E-state index in [0.29, 0.717) is 34.0 Å². The number of ether oxygens (including phenoxy) is 2. The van der Waals surface area contributed by atoms with Crippen LogP contribution in [0.2, 0.25) is 0 Å². The molecule has 0 aliphatic rings. The third kappa shape index (κ3) is 5.52. The lowest BCUT2D eigenvalue weighted by molar-refractivity contribution is -0.115. The molecule has 1 heterocycles. The maximum Gasteiger partial charge on any atom is 0.262 e. The van der Waals surface area contributed by atoms with Crippen LogP contribution in [0.5, 0.6) is 11.5 Å². The van der Waals surface area contributed by atoms with Crippen LogP contribution in [0.4, 0.5) is 11.4 Å². The Bertz CT molecular complexity index is 1470. The predicted octanol–water partition coefficient (Wildman–Crippen LogP) is 4.77. The topological polar surface area (TPSA) is 120 Å². The van der Waals surface area contributed by atoms with Crippen LogP contribution in [0.3, 0.4) is 0 Å². The first-order chi connectivity index (χ1) is 16.8. The average molecular weight is 514 g/mol. The molecule has 3 aromatic carbocycles. The smallest absolute Gasteiger partial charge is 0.262 e. The lowest BCUT2D eigenvalue weighted by Crippen LogP contribution is -2.22. The fourth-order valence-electron chi connectivity index (χ4n) is 3.22. The number of benzene rings is 3. The highest BCUT2D eigenvalue weighted by Gasteiger charge is 2.21. The van der Waals surface area contributed by atoms with Gasteiger partial charge in [0.15, 0.2) is 5.58 Å². The number of rotatable bonds is 9. The van der Waals surface area contributed by atoms with Gasteiger partial charge in [0, 0.05) is 0 Å². The number of methoxy groups -OCH3 is 2. The molecule has 0 saturated heterocycles. The minimum atomic E-state index is -3.90. The number of fused-ring (bicyclic) bond motifs is 1. The van der Waals surface area contributed by atoms with Crippen LogP contribution in [0, 0.1) is 0 Å². The highest BCUT2D eigenvalue weighted by Crippen LogP contribution is 2.31. The molecule has 1 amide bonds. The number of carbonyl (C=O) groups excluding carboxylic acids is 1. The average Bonchev–Trinajstić information content (AvgIpc) is 3.26. The standard InChI is InChI=1S/C24H23N3O6S2/c1-15(23(28)25-17-8-4-6-10-20(17)31-2)34-24-26-19-14-16(12-13-22(19)33-24)35(29,30)27-18-9-5-7-11-21(18)32-3/h4-15,27H,1-3H3,(H,25,28). The number of aromatic nitrogens is 1. The van der Waals surface area contributed by atoms with Crippen molar-refractivity contribution in [2.45, 2.75) is 22.3 Å². The van der Waals surface area contributed by atoms with Gasteiger partial charge in [-0.15, -0.1) is 0 Å². The Balaban J connectivity index is 1.50. The molecule has 2 N–H and O–H groups in total. The SMILES string of the molecule is COc1ccccc1NC(=O)C(C)Sc1nc2cc(S(=O)(=O)Nc3ccccc3OC)ccc2o1. The minimum absolute atomic E-state index is 0.0164. The first-order valence-corrected chi connectivity index (χ1v) is 12.8. The first-order valence-electron chi connectivity index (χ1n) is 10.5. The summed E-state index contributed by atoms with van der Waals surface area (Å²) >= 11 is 1.12. The van der Waals surface area contributed by atoms with Crippen molar-refractivity contribution in [1.82, 2.24) is 4.98 Å². The van der Waals surface area contributed by atoms with Gasteiger partial charge in [0.05, 0.1) is 35.7 Å². The van der Waals surface area contributed by atoms with Crippen LogP contribution in [-0.4, -0.2) is 38.8 Å². The molecule has 4 rings (SSSR count). The van der Waals surface area contributed by atoms with Crippen molar-refractivity contribution in [1.29, 1.82) is 0 Å². The van der Waals surface area contributed by atoms with Crippen LogP contribution in [-0.2, 0) is 14.8 Å². The summed E-state index contributed by atoms with van der Waals surface area (Å²) in [6, 6.07) is 18.2. The second-order valence-corrected chi connectivity index (χ2v) is 10.3. The molecule has 1 unspecified atom stereocenters. The fourth-order valence-corrected chi connectivity index (χ4v) is 5.07. The predicted molar refractivity (Wildman–Crippen MR) is 135 cm³/mol. The zero-order chi connectivity index (χ0) is 25.0. The summed E-state index contributed by atoms with van der Waals surface area (Å²) in [5.41, 5.74) is 1.64. The molecule has 182 valence electrons. The van der Waals surface area contributed by atoms with Crippen molar-refractivity contribution >= 4 is 50.2 Å². The maximum atomic E-state index is 12.9. The molecule has 1 aromatic heterocycles. The molecule has 4 aromatic rings. The van der Waals surface area contributed by atoms with Gasteiger partial charge in [-0.25, -0.2) is 13.4 Å². The number of para-hydroxylation sites is 4. The molecule has 1 atom stereocenters. The van der Waals surface area contributed by atoms with Gasteiger partial charge in [0.2, 0.25) is 5.91 Å². The zero-order valence-corrected chi connectivity index (χ0v) is 20.8. The lowest BCUT2D eigenvalue weighted by Gasteiger charge is -2.12. The Morgan fingerprint density at radius 3 is 2.29 bits per heavy atom. The number of anilines is 2. The molecule has 9 nitrogen and oxygen atoms in total. The number of thioether (sulfide) groups is 1. The molecule has 0 radical (unpaired) electrons. The molecular weight excluding hydrogens is 490 g/mol. The second kappa shape index (κ2) is 10.3. The van der Waals surface area contributed by atoms with E-state index < -0.39 is 15.3 Å². The van der Waals surface area contributed by atoms with Crippen molar-refractivity contribution < 1.29 is 27.1 Å². The summed E-state index contributed by atoms with van der Waals surface area (Å²) < 4.78 is 44.6. The van der Waals surface area contributed by atoms with Gasteiger partial charge in [-0.1, -0.05) is 36.0 Å². The number of nitrogens with zero attached hydrogens (tertiary/aromatic N) is 1. The molecule has 0 spiro atoms. The zero-order valence-electron chi connectivity index (χ0n) is 19.1. The molecule has 0 aliphatic carbocycles. The van der Waals surface area contributed by atoms with E-state index in [4.69, 9.17) is 13.9 Å². The lowest BCUT2D eigenvalue weighted by atomic mass is 10.3. The maximum absolute atomic E-state index is 12.9. The quantitative estimate of drug-likeness (QED) is 0.307. The number of hydrogen-bond acceptors (Lipinski definition) is 8. The van der Waals surface area contributed by atoms with Gasteiger partial charge < -0.3 is 19.2 Å². The van der Waals surface area contributed by atoms with Crippen LogP contribution in [0.1, 0.15) is 6.92 Å². The molecule has 0 saturated carbocycles. The van der Waals surface area contributed by atoms with Crippen molar-refractivity contribution in [2.24, 2.45) is 0 Å². The summed E-state index contributed by atoms with van der Waals surface area (Å²) in [6.07, 6.45) is 0. The summed E-state index contributed by atoms with van der Waals surface area (Å²) in [7, 11) is -0.907. The van der Waals surface area contributed by atoms with Crippen molar-refractivity contribution in [3.8, 4) is 11.5 Å². The molecule has 0 bridgehead atoms. The van der Waals surface area contributed by atoms with Crippen LogP contribution in [0.15, 0.2) is 81.3 Å². The Hall–Kier alpha value is -3.70. The Kier molecular flexibility index (Phi) is 7.17. The molecule has 0 fully saturated rings. The van der Waals surface area contributed by atoms with E-state index in [-0.39, 0.29) is 16.0 Å². The normalized spacial score (nSPS) is 12.2. The van der Waals surface area contributed by atoms with E-state index in [1.807, 2.05) is 6.07 Å². The van der Waals surface area contributed by atoms with E-state index in [0.717, 1.165) is 11.8 Å². The Labute approximate surface area is 206 Å². The van der Waals surface area contributed by atoms with Crippen molar-refractivity contribution in [2.75, 3.05) is 24.3 Å². The van der Waals surface area contributed by atoms with Crippen LogP contribution in [0.25, 0.3) is 11.1 Å². The number of hydrogen-bond donors (Lipinski definition) is 2. The van der Waals surface area contributed by atoms with Crippen LogP contribution < -0.4 is 19.5 Å². The Morgan fingerprint density at radius 2 is 1.60 bits per heavy atom. The number of amides is 1. The summed E-state index contributed by atoms with van der Waals surface area (Å²) in [5, 5.41) is 2.53. The van der Waals surface area contributed by atoms with Crippen molar-refractivity contribution in [3.63, 3.8) is 0 Å². The van der Waals surface area contributed by atoms with Crippen LogP contribution >= 0.6 is 11.8 Å². The number of nitrogens with one attached hydrogen (secondary N) is 2. The van der Waals surface area contributed by atoms with Gasteiger partial charge in [0.1, 0.15) is 17.0 Å². The highest BCUT2D eigenvalue weighted by molar-refractivity contribution is 8.00. The first kappa shape index (κ1) is 24.4. The van der Waals surface area contributed by atoms with Gasteiger partial charge >= 0.3 is 0 Å². The molecule has 0 aliphatic heterocycles. The van der Waals surface area contributed by atoms with Gasteiger partial charge in [-0.3, -0.25) is 9.52 Å². The summed E-state index contributed by atoms with van der Waals surface area (Å²) in [4.78, 5) is 17.0. The number of carbonyl (C=O) groups is 1. The van der Waals surface area contributed by atoms with E-state index in [9.17, 15) is 13.2 Å². The second-order valence-electron chi connectivity index (χ2n) is 7.36. The summed E-state index contributed by atoms with van der Waals surface area (Å²) in [6.45, 7) is 1.72. The largest absolute Gasteiger partial charge is 0.495 e. The van der Waals surface area contributed by atoms with E-state index >= 15 is 0 Å². The third-order valence-electron chi connectivity index (χ3n) is 5.01. The molecular formula is C24H23N3O6S2. The monoisotopic (exact) mass is 513 g/mol. The fraction of sp³-hybridized carbons (Fsp3) is 0.167. The van der Waals surface area contributed by atoms with Gasteiger partial charge in [-0.05, 0) is 49.4 Å².